The van der Waals surface area contributed by atoms with Crippen LogP contribution < -0.4 is 0 Å². The maximum atomic E-state index is 12.5. The van der Waals surface area contributed by atoms with Crippen LogP contribution in [0.2, 0.25) is 0 Å². The van der Waals surface area contributed by atoms with E-state index in [-0.39, 0.29) is 24.0 Å². The van der Waals surface area contributed by atoms with Gasteiger partial charge < -0.3 is 19.5 Å². The van der Waals surface area contributed by atoms with Crippen molar-refractivity contribution in [3.8, 4) is 0 Å². The fourth-order valence-electron chi connectivity index (χ4n) is 3.74. The third kappa shape index (κ3) is 4.22. The summed E-state index contributed by atoms with van der Waals surface area (Å²) in [6, 6.07) is 0. The average molecular weight is 326 g/mol. The Kier molecular flexibility index (Phi) is 5.50. The zero-order chi connectivity index (χ0) is 16.2. The van der Waals surface area contributed by atoms with Gasteiger partial charge in [0.1, 0.15) is 0 Å². The fraction of sp³-hybridized carbons (Fsp3) is 0.875. The molecule has 3 aliphatic rings. The minimum absolute atomic E-state index is 0.0684. The van der Waals surface area contributed by atoms with Gasteiger partial charge in [-0.05, 0) is 19.3 Å². The second-order valence-electron chi connectivity index (χ2n) is 6.67. The van der Waals surface area contributed by atoms with Crippen molar-refractivity contribution in [2.75, 3.05) is 45.9 Å². The van der Waals surface area contributed by atoms with E-state index in [0.29, 0.717) is 32.5 Å². The number of amides is 1. The Balaban J connectivity index is 1.38. The summed E-state index contributed by atoms with van der Waals surface area (Å²) in [7, 11) is 0. The molecule has 0 aromatic rings. The molecule has 1 aliphatic carbocycles. The maximum absolute atomic E-state index is 12.5. The van der Waals surface area contributed by atoms with E-state index in [4.69, 9.17) is 14.6 Å². The summed E-state index contributed by atoms with van der Waals surface area (Å²) >= 11 is 0. The van der Waals surface area contributed by atoms with Crippen molar-refractivity contribution < 1.29 is 24.2 Å². The molecule has 2 saturated heterocycles. The first-order chi connectivity index (χ1) is 11.1. The molecule has 7 heteroatoms. The largest absolute Gasteiger partial charge is 0.481 e. The van der Waals surface area contributed by atoms with Gasteiger partial charge in [0.2, 0.25) is 5.91 Å². The summed E-state index contributed by atoms with van der Waals surface area (Å²) in [4.78, 5) is 27.8. The summed E-state index contributed by atoms with van der Waals surface area (Å²) in [5.74, 6) is -1.04. The van der Waals surface area contributed by atoms with E-state index in [1.807, 2.05) is 4.90 Å². The molecule has 130 valence electrons. The molecule has 0 unspecified atom stereocenters. The number of carbonyl (C=O) groups is 2. The lowest BCUT2D eigenvalue weighted by Crippen LogP contribution is -2.50. The molecule has 0 spiro atoms. The van der Waals surface area contributed by atoms with Crippen molar-refractivity contribution >= 4 is 11.9 Å². The number of carbonyl (C=O) groups excluding carboxylic acids is 1. The van der Waals surface area contributed by atoms with Crippen LogP contribution in [0.15, 0.2) is 0 Å². The van der Waals surface area contributed by atoms with Gasteiger partial charge in [-0.15, -0.1) is 0 Å². The van der Waals surface area contributed by atoms with Crippen molar-refractivity contribution in [1.29, 1.82) is 0 Å². The van der Waals surface area contributed by atoms with Crippen LogP contribution in [0.5, 0.6) is 0 Å². The minimum Gasteiger partial charge on any atom is -0.481 e. The van der Waals surface area contributed by atoms with Crippen LogP contribution in [0.3, 0.4) is 0 Å². The number of ether oxygens (including phenoxy) is 2. The number of piperazine rings is 1. The van der Waals surface area contributed by atoms with Gasteiger partial charge in [-0.25, -0.2) is 0 Å². The van der Waals surface area contributed by atoms with Gasteiger partial charge >= 0.3 is 5.97 Å². The monoisotopic (exact) mass is 326 g/mol. The molecule has 1 amide bonds. The third-order valence-electron chi connectivity index (χ3n) is 5.19. The van der Waals surface area contributed by atoms with Gasteiger partial charge in [0.15, 0.2) is 6.29 Å². The smallest absolute Gasteiger partial charge is 0.306 e. The van der Waals surface area contributed by atoms with E-state index in [2.05, 4.69) is 4.90 Å². The number of rotatable bonds is 5. The molecule has 1 N–H and O–H groups in total. The molecule has 2 aliphatic heterocycles. The summed E-state index contributed by atoms with van der Waals surface area (Å²) in [6.07, 6.45) is 2.65. The SMILES string of the molecule is O=C(O)[C@@H]1CC[C@H](C(=O)N2CCN(CCC3OCCO3)CC2)C1. The molecular formula is C16H26N2O5. The fourth-order valence-corrected chi connectivity index (χ4v) is 3.74. The topological polar surface area (TPSA) is 79.3 Å². The van der Waals surface area contributed by atoms with Crippen LogP contribution in [0.25, 0.3) is 0 Å². The van der Waals surface area contributed by atoms with Crippen molar-refractivity contribution in [3.05, 3.63) is 0 Å². The maximum Gasteiger partial charge on any atom is 0.306 e. The van der Waals surface area contributed by atoms with Gasteiger partial charge in [-0.3, -0.25) is 14.5 Å². The highest BCUT2D eigenvalue weighted by Crippen LogP contribution is 2.32. The molecule has 0 aromatic carbocycles. The molecule has 1 saturated carbocycles. The Hall–Kier alpha value is -1.18. The van der Waals surface area contributed by atoms with Gasteiger partial charge in [-0.2, -0.15) is 0 Å². The second kappa shape index (κ2) is 7.59. The van der Waals surface area contributed by atoms with E-state index in [1.54, 1.807) is 0 Å². The average Bonchev–Trinajstić information content (AvgIpc) is 3.24. The van der Waals surface area contributed by atoms with E-state index in [9.17, 15) is 9.59 Å². The zero-order valence-corrected chi connectivity index (χ0v) is 13.5. The molecule has 0 radical (unpaired) electrons. The summed E-state index contributed by atoms with van der Waals surface area (Å²) in [6.45, 7) is 5.51. The highest BCUT2D eigenvalue weighted by molar-refractivity contribution is 5.81. The molecular weight excluding hydrogens is 300 g/mol. The molecule has 0 aromatic heterocycles. The summed E-state index contributed by atoms with van der Waals surface area (Å²) in [5.41, 5.74) is 0. The Morgan fingerprint density at radius 2 is 1.65 bits per heavy atom. The van der Waals surface area contributed by atoms with Crippen LogP contribution in [0.4, 0.5) is 0 Å². The first-order valence-corrected chi connectivity index (χ1v) is 8.60. The number of nitrogens with zero attached hydrogens (tertiary/aromatic N) is 2. The van der Waals surface area contributed by atoms with Gasteiger partial charge in [0, 0.05) is 45.1 Å². The second-order valence-corrected chi connectivity index (χ2v) is 6.67. The van der Waals surface area contributed by atoms with E-state index >= 15 is 0 Å². The van der Waals surface area contributed by atoms with Crippen molar-refractivity contribution in [1.82, 2.24) is 9.80 Å². The van der Waals surface area contributed by atoms with Crippen LogP contribution in [-0.4, -0.2) is 79.0 Å². The normalized spacial score (nSPS) is 30.0. The van der Waals surface area contributed by atoms with E-state index in [0.717, 1.165) is 39.1 Å². The molecule has 3 rings (SSSR count). The Morgan fingerprint density at radius 3 is 2.26 bits per heavy atom. The number of carboxylic acid groups (broad SMARTS) is 1. The number of hydrogen-bond acceptors (Lipinski definition) is 5. The third-order valence-corrected chi connectivity index (χ3v) is 5.19. The van der Waals surface area contributed by atoms with Crippen molar-refractivity contribution in [2.24, 2.45) is 11.8 Å². The number of hydrogen-bond donors (Lipinski definition) is 1. The van der Waals surface area contributed by atoms with Crippen LogP contribution >= 0.6 is 0 Å². The van der Waals surface area contributed by atoms with E-state index < -0.39 is 5.97 Å². The lowest BCUT2D eigenvalue weighted by Gasteiger charge is -2.36. The van der Waals surface area contributed by atoms with Crippen molar-refractivity contribution in [2.45, 2.75) is 32.0 Å². The van der Waals surface area contributed by atoms with Gasteiger partial charge in [0.05, 0.1) is 19.1 Å². The molecule has 3 fully saturated rings. The van der Waals surface area contributed by atoms with E-state index in [1.165, 1.54) is 0 Å². The molecule has 23 heavy (non-hydrogen) atoms. The molecule has 7 nitrogen and oxygen atoms in total. The first kappa shape index (κ1) is 16.7. The highest BCUT2D eigenvalue weighted by Gasteiger charge is 2.36. The predicted molar refractivity (Wildman–Crippen MR) is 81.8 cm³/mol. The van der Waals surface area contributed by atoms with Gasteiger partial charge in [0.25, 0.3) is 0 Å². The Bertz CT molecular complexity index is 430. The zero-order valence-electron chi connectivity index (χ0n) is 13.5. The molecule has 0 bridgehead atoms. The number of aliphatic carboxylic acids is 1. The Morgan fingerprint density at radius 1 is 1.00 bits per heavy atom. The van der Waals surface area contributed by atoms with Crippen molar-refractivity contribution in [3.63, 3.8) is 0 Å². The highest BCUT2D eigenvalue weighted by atomic mass is 16.7. The standard InChI is InChI=1S/C16H26N2O5/c19-15(12-1-2-13(11-12)16(20)21)18-7-5-17(6-8-18)4-3-14-22-9-10-23-14/h12-14H,1-11H2,(H,20,21)/t12-,13+/m0/s1. The van der Waals surface area contributed by atoms with Crippen LogP contribution in [0.1, 0.15) is 25.7 Å². The van der Waals surface area contributed by atoms with Crippen LogP contribution in [-0.2, 0) is 19.1 Å². The molecule has 2 atom stereocenters. The van der Waals surface area contributed by atoms with Crippen LogP contribution in [0, 0.1) is 11.8 Å². The Labute approximate surface area is 136 Å². The quantitative estimate of drug-likeness (QED) is 0.787. The lowest BCUT2D eigenvalue weighted by molar-refractivity contribution is -0.142. The molecule has 2 heterocycles. The summed E-state index contributed by atoms with van der Waals surface area (Å²) < 4.78 is 10.9. The summed E-state index contributed by atoms with van der Waals surface area (Å²) in [5, 5.41) is 9.05. The first-order valence-electron chi connectivity index (χ1n) is 8.60. The number of carboxylic acids is 1. The minimum atomic E-state index is -0.763. The lowest BCUT2D eigenvalue weighted by atomic mass is 10.0. The predicted octanol–water partition coefficient (Wildman–Crippen LogP) is 0.395. The van der Waals surface area contributed by atoms with Gasteiger partial charge in [-0.1, -0.05) is 0 Å².